The lowest BCUT2D eigenvalue weighted by atomic mass is 10.2. The molecule has 0 heterocycles. The van der Waals surface area contributed by atoms with E-state index in [0.717, 1.165) is 23.8 Å². The second-order valence-corrected chi connectivity index (χ2v) is 7.85. The van der Waals surface area contributed by atoms with Gasteiger partial charge in [0.2, 0.25) is 10.0 Å². The van der Waals surface area contributed by atoms with E-state index in [-0.39, 0.29) is 4.90 Å². The van der Waals surface area contributed by atoms with Crippen LogP contribution >= 0.6 is 0 Å². The van der Waals surface area contributed by atoms with E-state index < -0.39 is 36.4 Å². The monoisotopic (exact) mass is 344 g/mol. The van der Waals surface area contributed by atoms with Gasteiger partial charge in [-0.25, -0.2) is 26.4 Å². The predicted molar refractivity (Wildman–Crippen MR) is 79.8 cm³/mol. The lowest BCUT2D eigenvalue weighted by Gasteiger charge is -2.10. The molecule has 3 N–H and O–H groups in total. The summed E-state index contributed by atoms with van der Waals surface area (Å²) in [5.41, 5.74) is 0.369. The molecule has 2 aromatic rings. The molecule has 0 amide bonds. The fourth-order valence-corrected chi connectivity index (χ4v) is 3.28. The van der Waals surface area contributed by atoms with Crippen LogP contribution in [0.3, 0.4) is 0 Å². The average Bonchev–Trinajstić information content (AvgIpc) is 2.40. The van der Waals surface area contributed by atoms with Crippen LogP contribution in [-0.2, 0) is 20.0 Å². The van der Waals surface area contributed by atoms with E-state index in [0.29, 0.717) is 0 Å². The van der Waals surface area contributed by atoms with Crippen molar-refractivity contribution in [3.8, 4) is 0 Å². The molecule has 0 aliphatic carbocycles. The Morgan fingerprint density at radius 2 is 1.50 bits per heavy atom. The van der Waals surface area contributed by atoms with E-state index in [1.807, 2.05) is 4.72 Å². The second-order valence-electron chi connectivity index (χ2n) is 4.61. The van der Waals surface area contributed by atoms with Gasteiger partial charge in [-0.3, -0.25) is 4.72 Å². The van der Waals surface area contributed by atoms with Crippen LogP contribution in [0.25, 0.3) is 0 Å². The summed E-state index contributed by atoms with van der Waals surface area (Å²) in [6.45, 7) is 1.79. The van der Waals surface area contributed by atoms with Crippen LogP contribution in [-0.4, -0.2) is 16.8 Å². The van der Waals surface area contributed by atoms with Gasteiger partial charge in [0, 0.05) is 0 Å². The molecule has 22 heavy (non-hydrogen) atoms. The third-order valence-electron chi connectivity index (χ3n) is 2.84. The number of anilines is 1. The van der Waals surface area contributed by atoms with Gasteiger partial charge in [0.15, 0.2) is 0 Å². The van der Waals surface area contributed by atoms with Gasteiger partial charge in [-0.15, -0.1) is 0 Å². The van der Waals surface area contributed by atoms with Crippen LogP contribution in [0.2, 0.25) is 0 Å². The molecule has 2 aromatic carbocycles. The number of hydrogen-bond acceptors (Lipinski definition) is 4. The minimum Gasteiger partial charge on any atom is -0.277 e. The van der Waals surface area contributed by atoms with Crippen LogP contribution in [0.4, 0.5) is 10.1 Å². The average molecular weight is 344 g/mol. The van der Waals surface area contributed by atoms with E-state index in [1.165, 1.54) is 12.1 Å². The fraction of sp³-hybridized carbons (Fsp3) is 0.0769. The Morgan fingerprint density at radius 1 is 0.955 bits per heavy atom. The zero-order valence-electron chi connectivity index (χ0n) is 11.4. The molecular weight excluding hydrogens is 331 g/mol. The summed E-state index contributed by atoms with van der Waals surface area (Å²) in [5, 5.41) is 4.94. The maximum atomic E-state index is 13.7. The Balaban J connectivity index is 2.43. The maximum Gasteiger partial charge on any atom is 0.261 e. The molecule has 0 radical (unpaired) electrons. The van der Waals surface area contributed by atoms with Crippen molar-refractivity contribution < 1.29 is 21.2 Å². The van der Waals surface area contributed by atoms with Crippen LogP contribution in [0.5, 0.6) is 0 Å². The molecule has 0 fully saturated rings. The number of hydrogen-bond donors (Lipinski definition) is 2. The molecule has 0 aliphatic rings. The summed E-state index contributed by atoms with van der Waals surface area (Å²) in [6.07, 6.45) is 0. The topological polar surface area (TPSA) is 106 Å². The van der Waals surface area contributed by atoms with Crippen molar-refractivity contribution in [1.82, 2.24) is 0 Å². The smallest absolute Gasteiger partial charge is 0.261 e. The first-order valence-electron chi connectivity index (χ1n) is 6.01. The normalized spacial score (nSPS) is 12.1. The predicted octanol–water partition coefficient (Wildman–Crippen LogP) is 1.58. The summed E-state index contributed by atoms with van der Waals surface area (Å²) in [7, 11) is -8.11. The van der Waals surface area contributed by atoms with Crippen molar-refractivity contribution in [2.45, 2.75) is 16.7 Å². The third kappa shape index (κ3) is 3.62. The molecule has 0 atom stereocenters. The van der Waals surface area contributed by atoms with E-state index in [2.05, 4.69) is 0 Å². The molecule has 2 rings (SSSR count). The Labute approximate surface area is 127 Å². The Morgan fingerprint density at radius 3 is 2.05 bits per heavy atom. The van der Waals surface area contributed by atoms with Gasteiger partial charge in [0.05, 0.1) is 15.5 Å². The quantitative estimate of drug-likeness (QED) is 0.878. The second kappa shape index (κ2) is 5.67. The maximum absolute atomic E-state index is 13.7. The number of benzene rings is 2. The largest absolute Gasteiger partial charge is 0.277 e. The van der Waals surface area contributed by atoms with Crippen molar-refractivity contribution in [2.75, 3.05) is 4.72 Å². The van der Waals surface area contributed by atoms with Crippen LogP contribution in [0.1, 0.15) is 5.56 Å². The van der Waals surface area contributed by atoms with Gasteiger partial charge in [-0.05, 0) is 37.3 Å². The van der Waals surface area contributed by atoms with Crippen LogP contribution in [0, 0.1) is 12.7 Å². The van der Waals surface area contributed by atoms with Crippen molar-refractivity contribution in [3.05, 3.63) is 53.8 Å². The molecule has 0 bridgehead atoms. The van der Waals surface area contributed by atoms with Crippen LogP contribution < -0.4 is 9.86 Å². The Bertz CT molecular complexity index is 908. The molecule has 0 aliphatic heterocycles. The summed E-state index contributed by atoms with van der Waals surface area (Å²) in [6, 6.07) is 8.51. The molecule has 9 heteroatoms. The van der Waals surface area contributed by atoms with E-state index in [4.69, 9.17) is 5.14 Å². The number of sulfonamides is 2. The van der Waals surface area contributed by atoms with E-state index >= 15 is 0 Å². The lowest BCUT2D eigenvalue weighted by molar-refractivity contribution is 0.593. The first-order chi connectivity index (χ1) is 10.1. The molecule has 0 saturated carbocycles. The Hall–Kier alpha value is -1.97. The fourth-order valence-electron chi connectivity index (χ4n) is 1.68. The summed E-state index contributed by atoms with van der Waals surface area (Å²) in [4.78, 5) is -0.464. The lowest BCUT2D eigenvalue weighted by Crippen LogP contribution is -2.16. The highest BCUT2D eigenvalue weighted by Crippen LogP contribution is 2.22. The molecule has 0 spiro atoms. The number of rotatable bonds is 4. The third-order valence-corrected chi connectivity index (χ3v) is 5.13. The summed E-state index contributed by atoms with van der Waals surface area (Å²) < 4.78 is 62.5. The van der Waals surface area contributed by atoms with Crippen molar-refractivity contribution in [2.24, 2.45) is 5.14 Å². The van der Waals surface area contributed by atoms with Gasteiger partial charge in [-0.1, -0.05) is 17.7 Å². The molecule has 6 nitrogen and oxygen atoms in total. The summed E-state index contributed by atoms with van der Waals surface area (Å²) >= 11 is 0. The zero-order valence-corrected chi connectivity index (χ0v) is 13.1. The minimum absolute atomic E-state index is 0.0708. The van der Waals surface area contributed by atoms with Crippen molar-refractivity contribution in [1.29, 1.82) is 0 Å². The van der Waals surface area contributed by atoms with Gasteiger partial charge >= 0.3 is 0 Å². The highest BCUT2D eigenvalue weighted by atomic mass is 32.2. The SMILES string of the molecule is Cc1ccc(S(=O)(=O)Nc2cc(S(N)(=O)=O)ccc2F)cc1. The molecule has 0 unspecified atom stereocenters. The van der Waals surface area contributed by atoms with Crippen LogP contribution in [0.15, 0.2) is 52.3 Å². The number of nitrogens with one attached hydrogen (secondary N) is 1. The van der Waals surface area contributed by atoms with E-state index in [9.17, 15) is 21.2 Å². The zero-order chi connectivity index (χ0) is 16.5. The van der Waals surface area contributed by atoms with Gasteiger partial charge in [0.1, 0.15) is 5.82 Å². The van der Waals surface area contributed by atoms with Gasteiger partial charge in [0.25, 0.3) is 10.0 Å². The highest BCUT2D eigenvalue weighted by Gasteiger charge is 2.18. The van der Waals surface area contributed by atoms with E-state index in [1.54, 1.807) is 19.1 Å². The molecule has 118 valence electrons. The molecule has 0 aromatic heterocycles. The van der Waals surface area contributed by atoms with Crippen molar-refractivity contribution >= 4 is 25.7 Å². The Kier molecular flexibility index (Phi) is 4.23. The number of primary sulfonamides is 1. The van der Waals surface area contributed by atoms with Crippen molar-refractivity contribution in [3.63, 3.8) is 0 Å². The first-order valence-corrected chi connectivity index (χ1v) is 9.04. The van der Waals surface area contributed by atoms with Gasteiger partial charge < -0.3 is 0 Å². The summed E-state index contributed by atoms with van der Waals surface area (Å²) in [5.74, 6) is -0.914. The highest BCUT2D eigenvalue weighted by molar-refractivity contribution is 7.92. The number of nitrogens with two attached hydrogens (primary N) is 1. The molecular formula is C13H13FN2O4S2. The number of aryl methyl sites for hydroxylation is 1. The van der Waals surface area contributed by atoms with Gasteiger partial charge in [-0.2, -0.15) is 0 Å². The number of halogens is 1. The molecule has 0 saturated heterocycles. The minimum atomic E-state index is -4.07. The standard InChI is InChI=1S/C13H13FN2O4S2/c1-9-2-4-10(5-3-9)22(19,20)16-13-8-11(21(15,17)18)6-7-12(13)14/h2-8,16H,1H3,(H2,15,17,18). The first kappa shape index (κ1) is 16.4.